The molecule has 1 aliphatic rings. The SMILES string of the molecule is CCNC(=NCc1ncc(-c2ccccc2)[nH]1)N1CCC(Oc2ccccc2)CC1. The molecule has 1 fully saturated rings. The highest BCUT2D eigenvalue weighted by Crippen LogP contribution is 2.19. The molecule has 1 saturated heterocycles. The quantitative estimate of drug-likeness (QED) is 0.481. The Bertz CT molecular complexity index is 930. The zero-order chi connectivity index (χ0) is 20.6. The van der Waals surface area contributed by atoms with Gasteiger partial charge < -0.3 is 19.9 Å². The summed E-state index contributed by atoms with van der Waals surface area (Å²) in [5, 5.41) is 3.42. The molecule has 2 N–H and O–H groups in total. The number of piperidine rings is 1. The highest BCUT2D eigenvalue weighted by molar-refractivity contribution is 5.80. The third kappa shape index (κ3) is 5.20. The third-order valence-corrected chi connectivity index (χ3v) is 5.21. The van der Waals surface area contributed by atoms with Crippen LogP contribution in [0.3, 0.4) is 0 Å². The molecule has 2 heterocycles. The molecular formula is C24H29N5O. The maximum absolute atomic E-state index is 6.12. The molecule has 0 unspecified atom stereocenters. The van der Waals surface area contributed by atoms with Crippen LogP contribution >= 0.6 is 0 Å². The maximum atomic E-state index is 6.12. The van der Waals surface area contributed by atoms with Crippen molar-refractivity contribution in [1.29, 1.82) is 0 Å². The number of rotatable bonds is 6. The lowest BCUT2D eigenvalue weighted by atomic mass is 10.1. The summed E-state index contributed by atoms with van der Waals surface area (Å²) >= 11 is 0. The van der Waals surface area contributed by atoms with Gasteiger partial charge in [0.05, 0.1) is 11.9 Å². The van der Waals surface area contributed by atoms with Gasteiger partial charge in [-0.1, -0.05) is 48.5 Å². The first-order chi connectivity index (χ1) is 14.8. The van der Waals surface area contributed by atoms with Crippen LogP contribution in [-0.4, -0.2) is 46.6 Å². The fraction of sp³-hybridized carbons (Fsp3) is 0.333. The normalized spacial score (nSPS) is 15.2. The molecule has 0 saturated carbocycles. The lowest BCUT2D eigenvalue weighted by molar-refractivity contribution is 0.129. The molecule has 0 bridgehead atoms. The Morgan fingerprint density at radius 2 is 1.80 bits per heavy atom. The van der Waals surface area contributed by atoms with Crippen molar-refractivity contribution in [2.24, 2.45) is 4.99 Å². The third-order valence-electron chi connectivity index (χ3n) is 5.21. The summed E-state index contributed by atoms with van der Waals surface area (Å²) in [5.74, 6) is 2.75. The molecule has 0 spiro atoms. The van der Waals surface area contributed by atoms with E-state index in [1.165, 1.54) is 0 Å². The van der Waals surface area contributed by atoms with Crippen LogP contribution in [0.1, 0.15) is 25.6 Å². The number of aliphatic imine (C=N–C) groups is 1. The molecule has 1 aromatic heterocycles. The van der Waals surface area contributed by atoms with E-state index in [9.17, 15) is 0 Å². The van der Waals surface area contributed by atoms with Crippen molar-refractivity contribution in [2.75, 3.05) is 19.6 Å². The van der Waals surface area contributed by atoms with Crippen LogP contribution in [0.25, 0.3) is 11.3 Å². The van der Waals surface area contributed by atoms with E-state index in [0.29, 0.717) is 6.54 Å². The van der Waals surface area contributed by atoms with Crippen molar-refractivity contribution < 1.29 is 4.74 Å². The van der Waals surface area contributed by atoms with Gasteiger partial charge in [-0.3, -0.25) is 0 Å². The molecule has 2 aromatic carbocycles. The largest absolute Gasteiger partial charge is 0.490 e. The molecule has 4 rings (SSSR count). The van der Waals surface area contributed by atoms with Gasteiger partial charge in [0.2, 0.25) is 0 Å². The monoisotopic (exact) mass is 403 g/mol. The molecule has 30 heavy (non-hydrogen) atoms. The molecule has 1 aliphatic heterocycles. The van der Waals surface area contributed by atoms with Crippen molar-refractivity contribution in [2.45, 2.75) is 32.4 Å². The Morgan fingerprint density at radius 1 is 1.10 bits per heavy atom. The van der Waals surface area contributed by atoms with Crippen LogP contribution in [0, 0.1) is 0 Å². The molecule has 0 amide bonds. The minimum atomic E-state index is 0.255. The van der Waals surface area contributed by atoms with E-state index in [0.717, 1.165) is 61.3 Å². The van der Waals surface area contributed by atoms with Gasteiger partial charge in [0.25, 0.3) is 0 Å². The number of hydrogen-bond donors (Lipinski definition) is 2. The minimum absolute atomic E-state index is 0.255. The number of hydrogen-bond acceptors (Lipinski definition) is 3. The zero-order valence-corrected chi connectivity index (χ0v) is 17.4. The van der Waals surface area contributed by atoms with Crippen molar-refractivity contribution in [3.63, 3.8) is 0 Å². The Labute approximate surface area is 178 Å². The van der Waals surface area contributed by atoms with E-state index in [1.807, 2.05) is 54.7 Å². The van der Waals surface area contributed by atoms with E-state index < -0.39 is 0 Å². The number of nitrogens with one attached hydrogen (secondary N) is 2. The van der Waals surface area contributed by atoms with Gasteiger partial charge in [0.15, 0.2) is 5.96 Å². The molecule has 0 aliphatic carbocycles. The van der Waals surface area contributed by atoms with Crippen LogP contribution in [-0.2, 0) is 6.54 Å². The second-order valence-electron chi connectivity index (χ2n) is 7.40. The predicted molar refractivity (Wildman–Crippen MR) is 121 cm³/mol. The zero-order valence-electron chi connectivity index (χ0n) is 17.4. The van der Waals surface area contributed by atoms with Crippen LogP contribution in [0.5, 0.6) is 5.75 Å². The second kappa shape index (κ2) is 9.96. The summed E-state index contributed by atoms with van der Waals surface area (Å²) in [6, 6.07) is 20.3. The fourth-order valence-electron chi connectivity index (χ4n) is 3.66. The summed E-state index contributed by atoms with van der Waals surface area (Å²) in [6.45, 7) is 5.32. The Kier molecular flexibility index (Phi) is 6.65. The fourth-order valence-corrected chi connectivity index (χ4v) is 3.66. The number of imidazole rings is 1. The summed E-state index contributed by atoms with van der Waals surface area (Å²) in [6.07, 6.45) is 4.10. The van der Waals surface area contributed by atoms with E-state index >= 15 is 0 Å². The molecule has 6 nitrogen and oxygen atoms in total. The van der Waals surface area contributed by atoms with Gasteiger partial charge in [-0.25, -0.2) is 9.98 Å². The van der Waals surface area contributed by atoms with Crippen molar-refractivity contribution in [1.82, 2.24) is 20.2 Å². The average Bonchev–Trinajstić information content (AvgIpc) is 3.28. The Morgan fingerprint density at radius 3 is 2.50 bits per heavy atom. The van der Waals surface area contributed by atoms with E-state index in [1.54, 1.807) is 0 Å². The van der Waals surface area contributed by atoms with E-state index in [4.69, 9.17) is 9.73 Å². The first-order valence-electron chi connectivity index (χ1n) is 10.7. The van der Waals surface area contributed by atoms with E-state index in [-0.39, 0.29) is 6.10 Å². The molecule has 156 valence electrons. The highest BCUT2D eigenvalue weighted by Gasteiger charge is 2.22. The number of likely N-dealkylation sites (tertiary alicyclic amines) is 1. The summed E-state index contributed by atoms with van der Waals surface area (Å²) < 4.78 is 6.12. The lowest BCUT2D eigenvalue weighted by Crippen LogP contribution is -2.47. The summed E-state index contributed by atoms with van der Waals surface area (Å²) in [4.78, 5) is 15.0. The minimum Gasteiger partial charge on any atom is -0.490 e. The van der Waals surface area contributed by atoms with Gasteiger partial charge >= 0.3 is 0 Å². The lowest BCUT2D eigenvalue weighted by Gasteiger charge is -2.34. The number of aromatic amines is 1. The number of ether oxygens (including phenoxy) is 1. The average molecular weight is 404 g/mol. The first-order valence-corrected chi connectivity index (χ1v) is 10.7. The molecule has 3 aromatic rings. The summed E-state index contributed by atoms with van der Waals surface area (Å²) in [5.41, 5.74) is 2.15. The van der Waals surface area contributed by atoms with Crippen molar-refractivity contribution in [3.8, 4) is 17.0 Å². The van der Waals surface area contributed by atoms with Crippen LogP contribution in [0.15, 0.2) is 71.9 Å². The number of guanidine groups is 1. The summed E-state index contributed by atoms with van der Waals surface area (Å²) in [7, 11) is 0. The smallest absolute Gasteiger partial charge is 0.194 e. The predicted octanol–water partition coefficient (Wildman–Crippen LogP) is 4.09. The number of para-hydroxylation sites is 1. The highest BCUT2D eigenvalue weighted by atomic mass is 16.5. The topological polar surface area (TPSA) is 65.5 Å². The maximum Gasteiger partial charge on any atom is 0.194 e. The molecule has 6 heteroatoms. The first kappa shape index (κ1) is 20.0. The molecule has 0 radical (unpaired) electrons. The Hall–Kier alpha value is -3.28. The van der Waals surface area contributed by atoms with Crippen LogP contribution in [0.4, 0.5) is 0 Å². The van der Waals surface area contributed by atoms with Gasteiger partial charge in [-0.05, 0) is 24.6 Å². The number of aromatic nitrogens is 2. The van der Waals surface area contributed by atoms with Crippen molar-refractivity contribution in [3.05, 3.63) is 72.7 Å². The molecule has 0 atom stereocenters. The van der Waals surface area contributed by atoms with Gasteiger partial charge in [0.1, 0.15) is 24.2 Å². The standard InChI is InChI=1S/C24H29N5O/c1-2-25-24(27-18-23-26-17-22(28-23)19-9-5-3-6-10-19)29-15-13-21(14-16-29)30-20-11-7-4-8-12-20/h3-12,17,21H,2,13-16,18H2,1H3,(H,25,27)(H,26,28). The number of H-pyrrole nitrogens is 1. The second-order valence-corrected chi connectivity index (χ2v) is 7.40. The van der Waals surface area contributed by atoms with Crippen molar-refractivity contribution >= 4 is 5.96 Å². The number of nitrogens with zero attached hydrogens (tertiary/aromatic N) is 3. The van der Waals surface area contributed by atoms with Crippen LogP contribution < -0.4 is 10.1 Å². The number of benzene rings is 2. The molecular weight excluding hydrogens is 374 g/mol. The van der Waals surface area contributed by atoms with Gasteiger partial charge in [-0.15, -0.1) is 0 Å². The Balaban J connectivity index is 1.35. The van der Waals surface area contributed by atoms with Gasteiger partial charge in [0, 0.05) is 32.5 Å². The van der Waals surface area contributed by atoms with E-state index in [2.05, 4.69) is 39.2 Å². The van der Waals surface area contributed by atoms with Crippen LogP contribution in [0.2, 0.25) is 0 Å². The van der Waals surface area contributed by atoms with Gasteiger partial charge in [-0.2, -0.15) is 0 Å².